The van der Waals surface area contributed by atoms with Crippen molar-refractivity contribution in [3.63, 3.8) is 0 Å². The third-order valence-electron chi connectivity index (χ3n) is 5.30. The standard InChI is InChI=1S/C16H31N/c1-3-13-9-5-7-11-15(13)17-16-12-8-6-10-14(16)4-2/h13-17H,3-12H2,1-2H3/t13-,14-,15-,16+/m1/s1. The fourth-order valence-electron chi connectivity index (χ4n) is 4.11. The molecule has 2 saturated carbocycles. The summed E-state index contributed by atoms with van der Waals surface area (Å²) in [6, 6.07) is 1.68. The Balaban J connectivity index is 1.88. The Morgan fingerprint density at radius 3 is 1.53 bits per heavy atom. The van der Waals surface area contributed by atoms with Crippen LogP contribution < -0.4 is 5.32 Å². The Morgan fingerprint density at radius 2 is 1.12 bits per heavy atom. The van der Waals surface area contributed by atoms with Crippen molar-refractivity contribution in [1.29, 1.82) is 0 Å². The molecule has 0 aliphatic heterocycles. The van der Waals surface area contributed by atoms with Crippen molar-refractivity contribution >= 4 is 0 Å². The van der Waals surface area contributed by atoms with Crippen molar-refractivity contribution in [2.45, 2.75) is 90.1 Å². The van der Waals surface area contributed by atoms with Crippen molar-refractivity contribution < 1.29 is 0 Å². The fraction of sp³-hybridized carbons (Fsp3) is 1.00. The molecule has 2 aliphatic rings. The minimum atomic E-state index is 0.839. The maximum atomic E-state index is 4.06. The molecule has 4 atom stereocenters. The predicted molar refractivity (Wildman–Crippen MR) is 75.2 cm³/mol. The average Bonchev–Trinajstić information content (AvgIpc) is 2.40. The van der Waals surface area contributed by atoms with Crippen LogP contribution in [0.15, 0.2) is 0 Å². The van der Waals surface area contributed by atoms with E-state index < -0.39 is 0 Å². The van der Waals surface area contributed by atoms with Gasteiger partial charge in [0.25, 0.3) is 0 Å². The van der Waals surface area contributed by atoms with Crippen LogP contribution in [0.2, 0.25) is 0 Å². The van der Waals surface area contributed by atoms with Crippen LogP contribution in [-0.4, -0.2) is 12.1 Å². The van der Waals surface area contributed by atoms with Gasteiger partial charge in [0.15, 0.2) is 0 Å². The first-order valence-corrected chi connectivity index (χ1v) is 8.11. The van der Waals surface area contributed by atoms with Gasteiger partial charge in [-0.3, -0.25) is 0 Å². The van der Waals surface area contributed by atoms with Crippen LogP contribution in [0, 0.1) is 11.8 Å². The number of rotatable bonds is 4. The summed E-state index contributed by atoms with van der Waals surface area (Å²) in [7, 11) is 0. The Hall–Kier alpha value is -0.0400. The molecule has 0 bridgehead atoms. The molecule has 17 heavy (non-hydrogen) atoms. The highest BCUT2D eigenvalue weighted by Gasteiger charge is 2.29. The summed E-state index contributed by atoms with van der Waals surface area (Å²) in [4.78, 5) is 0. The highest BCUT2D eigenvalue weighted by Crippen LogP contribution is 2.31. The molecule has 1 heteroatoms. The van der Waals surface area contributed by atoms with E-state index in [9.17, 15) is 0 Å². The van der Waals surface area contributed by atoms with Crippen LogP contribution >= 0.6 is 0 Å². The fourth-order valence-corrected chi connectivity index (χ4v) is 4.11. The van der Waals surface area contributed by atoms with Gasteiger partial charge in [0.2, 0.25) is 0 Å². The van der Waals surface area contributed by atoms with E-state index in [1.807, 2.05) is 0 Å². The van der Waals surface area contributed by atoms with Gasteiger partial charge in [0.05, 0.1) is 0 Å². The lowest BCUT2D eigenvalue weighted by molar-refractivity contribution is 0.179. The van der Waals surface area contributed by atoms with E-state index in [1.165, 1.54) is 64.2 Å². The molecule has 2 fully saturated rings. The van der Waals surface area contributed by atoms with Gasteiger partial charge in [-0.25, -0.2) is 0 Å². The van der Waals surface area contributed by atoms with Crippen LogP contribution in [0.3, 0.4) is 0 Å². The molecule has 2 rings (SSSR count). The summed E-state index contributed by atoms with van der Waals surface area (Å²) in [5.41, 5.74) is 0. The quantitative estimate of drug-likeness (QED) is 0.758. The summed E-state index contributed by atoms with van der Waals surface area (Å²) in [6.07, 6.45) is 14.4. The Kier molecular flexibility index (Phi) is 5.34. The van der Waals surface area contributed by atoms with Gasteiger partial charge in [-0.05, 0) is 37.5 Å². The van der Waals surface area contributed by atoms with Crippen LogP contribution in [-0.2, 0) is 0 Å². The lowest BCUT2D eigenvalue weighted by atomic mass is 9.79. The zero-order chi connectivity index (χ0) is 12.1. The second-order valence-electron chi connectivity index (χ2n) is 6.29. The van der Waals surface area contributed by atoms with E-state index in [-0.39, 0.29) is 0 Å². The lowest BCUT2D eigenvalue weighted by Gasteiger charge is -2.39. The first-order valence-electron chi connectivity index (χ1n) is 8.11. The maximum absolute atomic E-state index is 4.06. The first-order chi connectivity index (χ1) is 8.35. The van der Waals surface area contributed by atoms with Crippen molar-refractivity contribution in [2.24, 2.45) is 11.8 Å². The maximum Gasteiger partial charge on any atom is 0.00979 e. The summed E-state index contributed by atoms with van der Waals surface area (Å²) in [6.45, 7) is 4.76. The van der Waals surface area contributed by atoms with E-state index in [0.717, 1.165) is 23.9 Å². The number of hydrogen-bond acceptors (Lipinski definition) is 1. The second-order valence-corrected chi connectivity index (χ2v) is 6.29. The van der Waals surface area contributed by atoms with E-state index >= 15 is 0 Å². The van der Waals surface area contributed by atoms with Crippen LogP contribution in [0.5, 0.6) is 0 Å². The van der Waals surface area contributed by atoms with E-state index in [4.69, 9.17) is 0 Å². The molecule has 0 unspecified atom stereocenters. The molecule has 100 valence electrons. The van der Waals surface area contributed by atoms with Crippen molar-refractivity contribution in [1.82, 2.24) is 5.32 Å². The summed E-state index contributed by atoms with van der Waals surface area (Å²) in [5.74, 6) is 1.92. The van der Waals surface area contributed by atoms with Gasteiger partial charge in [-0.1, -0.05) is 52.4 Å². The zero-order valence-corrected chi connectivity index (χ0v) is 11.9. The molecular formula is C16H31N. The molecule has 0 aromatic rings. The van der Waals surface area contributed by atoms with Gasteiger partial charge in [-0.2, -0.15) is 0 Å². The van der Waals surface area contributed by atoms with Crippen molar-refractivity contribution in [2.75, 3.05) is 0 Å². The SMILES string of the molecule is CC[C@@H]1CCCC[C@@H]1N[C@@H]1CCCC[C@H]1CC. The number of nitrogens with one attached hydrogen (secondary N) is 1. The van der Waals surface area contributed by atoms with Crippen LogP contribution in [0.25, 0.3) is 0 Å². The third-order valence-corrected chi connectivity index (χ3v) is 5.30. The smallest absolute Gasteiger partial charge is 0.00979 e. The topological polar surface area (TPSA) is 12.0 Å². The van der Waals surface area contributed by atoms with Crippen LogP contribution in [0.1, 0.15) is 78.1 Å². The molecule has 1 N–H and O–H groups in total. The normalized spacial score (nSPS) is 39.2. The molecule has 0 aromatic heterocycles. The molecule has 0 heterocycles. The summed E-state index contributed by atoms with van der Waals surface area (Å²) < 4.78 is 0. The van der Waals surface area contributed by atoms with E-state index in [0.29, 0.717) is 0 Å². The lowest BCUT2D eigenvalue weighted by Crippen LogP contribution is -2.48. The minimum absolute atomic E-state index is 0.839. The molecule has 0 saturated heterocycles. The Labute approximate surface area is 108 Å². The second kappa shape index (κ2) is 6.78. The van der Waals surface area contributed by atoms with Gasteiger partial charge in [0.1, 0.15) is 0 Å². The Bertz CT molecular complexity index is 192. The van der Waals surface area contributed by atoms with E-state index in [1.54, 1.807) is 0 Å². The molecule has 0 spiro atoms. The highest BCUT2D eigenvalue weighted by atomic mass is 15.0. The molecule has 2 aliphatic carbocycles. The molecule has 1 nitrogen and oxygen atoms in total. The predicted octanol–water partition coefficient (Wildman–Crippen LogP) is 4.51. The van der Waals surface area contributed by atoms with Crippen molar-refractivity contribution in [3.8, 4) is 0 Å². The van der Waals surface area contributed by atoms with Gasteiger partial charge < -0.3 is 5.32 Å². The molecule has 0 amide bonds. The van der Waals surface area contributed by atoms with Gasteiger partial charge >= 0.3 is 0 Å². The van der Waals surface area contributed by atoms with Gasteiger partial charge in [-0.15, -0.1) is 0 Å². The highest BCUT2D eigenvalue weighted by molar-refractivity contribution is 4.87. The molecular weight excluding hydrogens is 206 g/mol. The monoisotopic (exact) mass is 237 g/mol. The summed E-state index contributed by atoms with van der Waals surface area (Å²) >= 11 is 0. The molecule has 0 radical (unpaired) electrons. The number of hydrogen-bond donors (Lipinski definition) is 1. The van der Waals surface area contributed by atoms with Gasteiger partial charge in [0, 0.05) is 12.1 Å². The average molecular weight is 237 g/mol. The Morgan fingerprint density at radius 1 is 0.706 bits per heavy atom. The van der Waals surface area contributed by atoms with E-state index in [2.05, 4.69) is 19.2 Å². The largest absolute Gasteiger partial charge is 0.311 e. The summed E-state index contributed by atoms with van der Waals surface area (Å²) in [5, 5.41) is 4.06. The first kappa shape index (κ1) is 13.4. The third kappa shape index (κ3) is 3.47. The molecule has 0 aromatic carbocycles. The minimum Gasteiger partial charge on any atom is -0.311 e. The van der Waals surface area contributed by atoms with Crippen LogP contribution in [0.4, 0.5) is 0 Å². The zero-order valence-electron chi connectivity index (χ0n) is 11.9. The van der Waals surface area contributed by atoms with Crippen molar-refractivity contribution in [3.05, 3.63) is 0 Å².